The standard InChI is InChI=1S/C24H28N2O3/c1-15-7-6-12-26(13-15)14-18-20(27)10-11-21-23(18)22(17(3)29-21)24(28)25-19-9-5-4-8-16(19)2/h4-5,8-11,15,27H,6-7,12-14H2,1-3H3,(H,25,28)/t15-/m1/s1. The van der Waals surface area contributed by atoms with E-state index in [0.29, 0.717) is 34.8 Å². The summed E-state index contributed by atoms with van der Waals surface area (Å²) in [5.74, 6) is 1.20. The molecule has 0 spiro atoms. The minimum Gasteiger partial charge on any atom is -0.508 e. The van der Waals surface area contributed by atoms with Crippen molar-refractivity contribution < 1.29 is 14.3 Å². The lowest BCUT2D eigenvalue weighted by atomic mass is 9.98. The predicted molar refractivity (Wildman–Crippen MR) is 115 cm³/mol. The third-order valence-electron chi connectivity index (χ3n) is 5.86. The zero-order valence-electron chi connectivity index (χ0n) is 17.3. The van der Waals surface area contributed by atoms with Crippen LogP contribution in [0.3, 0.4) is 0 Å². The number of likely N-dealkylation sites (tertiary alicyclic amines) is 1. The van der Waals surface area contributed by atoms with Gasteiger partial charge in [0.05, 0.1) is 5.56 Å². The number of hydrogen-bond acceptors (Lipinski definition) is 4. The molecule has 5 heteroatoms. The number of para-hydroxylation sites is 1. The van der Waals surface area contributed by atoms with Crippen LogP contribution in [0.5, 0.6) is 5.75 Å². The minimum absolute atomic E-state index is 0.210. The largest absolute Gasteiger partial charge is 0.508 e. The number of amides is 1. The molecule has 1 fully saturated rings. The van der Waals surface area contributed by atoms with Crippen LogP contribution in [0.25, 0.3) is 11.0 Å². The van der Waals surface area contributed by atoms with Crippen molar-refractivity contribution in [3.05, 3.63) is 58.8 Å². The van der Waals surface area contributed by atoms with Gasteiger partial charge in [0.15, 0.2) is 0 Å². The topological polar surface area (TPSA) is 65.7 Å². The van der Waals surface area contributed by atoms with Gasteiger partial charge in [-0.25, -0.2) is 0 Å². The van der Waals surface area contributed by atoms with Gasteiger partial charge in [-0.1, -0.05) is 25.1 Å². The molecule has 0 bridgehead atoms. The molecular formula is C24H28N2O3. The Bertz CT molecular complexity index is 1050. The van der Waals surface area contributed by atoms with E-state index in [1.807, 2.05) is 31.2 Å². The summed E-state index contributed by atoms with van der Waals surface area (Å²) in [6, 6.07) is 11.1. The molecule has 1 atom stereocenters. The highest BCUT2D eigenvalue weighted by atomic mass is 16.3. The van der Waals surface area contributed by atoms with Gasteiger partial charge in [0, 0.05) is 29.7 Å². The summed E-state index contributed by atoms with van der Waals surface area (Å²) in [5.41, 5.74) is 3.67. The molecule has 5 nitrogen and oxygen atoms in total. The van der Waals surface area contributed by atoms with Crippen LogP contribution in [-0.4, -0.2) is 29.0 Å². The van der Waals surface area contributed by atoms with E-state index in [4.69, 9.17) is 4.42 Å². The monoisotopic (exact) mass is 392 g/mol. The van der Waals surface area contributed by atoms with Crippen LogP contribution in [0, 0.1) is 19.8 Å². The number of nitrogens with one attached hydrogen (secondary N) is 1. The summed E-state index contributed by atoms with van der Waals surface area (Å²) in [7, 11) is 0. The second-order valence-corrected chi connectivity index (χ2v) is 8.22. The fraction of sp³-hybridized carbons (Fsp3) is 0.375. The van der Waals surface area contributed by atoms with E-state index in [0.717, 1.165) is 36.3 Å². The van der Waals surface area contributed by atoms with Gasteiger partial charge >= 0.3 is 0 Å². The first-order chi connectivity index (χ1) is 13.9. The lowest BCUT2D eigenvalue weighted by Gasteiger charge is -2.31. The quantitative estimate of drug-likeness (QED) is 0.637. The zero-order valence-corrected chi connectivity index (χ0v) is 17.3. The third-order valence-corrected chi connectivity index (χ3v) is 5.86. The Balaban J connectivity index is 1.74. The molecule has 1 aromatic heterocycles. The highest BCUT2D eigenvalue weighted by Gasteiger charge is 2.25. The van der Waals surface area contributed by atoms with Crippen molar-refractivity contribution in [2.75, 3.05) is 18.4 Å². The number of carbonyl (C=O) groups is 1. The van der Waals surface area contributed by atoms with Gasteiger partial charge in [0.2, 0.25) is 0 Å². The molecule has 29 heavy (non-hydrogen) atoms. The average molecular weight is 392 g/mol. The van der Waals surface area contributed by atoms with Crippen LogP contribution in [0.4, 0.5) is 5.69 Å². The number of fused-ring (bicyclic) bond motifs is 1. The normalized spacial score (nSPS) is 17.6. The molecule has 1 aliphatic rings. The van der Waals surface area contributed by atoms with Crippen LogP contribution >= 0.6 is 0 Å². The summed E-state index contributed by atoms with van der Waals surface area (Å²) >= 11 is 0. The number of benzene rings is 2. The lowest BCUT2D eigenvalue weighted by molar-refractivity contribution is 0.102. The number of hydrogen-bond donors (Lipinski definition) is 2. The number of carbonyl (C=O) groups excluding carboxylic acids is 1. The summed E-state index contributed by atoms with van der Waals surface area (Å²) in [4.78, 5) is 15.6. The number of aromatic hydroxyl groups is 1. The van der Waals surface area contributed by atoms with Crippen molar-refractivity contribution in [2.24, 2.45) is 5.92 Å². The van der Waals surface area contributed by atoms with Crippen molar-refractivity contribution in [3.63, 3.8) is 0 Å². The third kappa shape index (κ3) is 3.87. The maximum Gasteiger partial charge on any atom is 0.259 e. The Morgan fingerprint density at radius 3 is 2.79 bits per heavy atom. The van der Waals surface area contributed by atoms with Crippen molar-refractivity contribution in [2.45, 2.75) is 40.2 Å². The maximum absolute atomic E-state index is 13.2. The van der Waals surface area contributed by atoms with Crippen LogP contribution in [0.1, 0.15) is 47.0 Å². The van der Waals surface area contributed by atoms with E-state index in [-0.39, 0.29) is 11.7 Å². The van der Waals surface area contributed by atoms with Crippen molar-refractivity contribution in [1.29, 1.82) is 0 Å². The van der Waals surface area contributed by atoms with Gasteiger partial charge in [-0.2, -0.15) is 0 Å². The molecule has 152 valence electrons. The van der Waals surface area contributed by atoms with Gasteiger partial charge in [0.25, 0.3) is 5.91 Å². The predicted octanol–water partition coefficient (Wildman–Crippen LogP) is 5.24. The molecule has 0 aliphatic carbocycles. The molecule has 0 saturated carbocycles. The first-order valence-electron chi connectivity index (χ1n) is 10.3. The molecule has 0 unspecified atom stereocenters. The molecule has 1 amide bonds. The maximum atomic E-state index is 13.2. The summed E-state index contributed by atoms with van der Waals surface area (Å²) in [6.45, 7) is 8.63. The molecule has 0 radical (unpaired) electrons. The molecule has 2 N–H and O–H groups in total. The number of phenolic OH excluding ortho intramolecular Hbond substituents is 1. The fourth-order valence-corrected chi connectivity index (χ4v) is 4.35. The van der Waals surface area contributed by atoms with Crippen LogP contribution < -0.4 is 5.32 Å². The number of furan rings is 1. The number of aryl methyl sites for hydroxylation is 2. The van der Waals surface area contributed by atoms with E-state index < -0.39 is 0 Å². The van der Waals surface area contributed by atoms with Gasteiger partial charge in [0.1, 0.15) is 17.1 Å². The Hall–Kier alpha value is -2.79. The van der Waals surface area contributed by atoms with Gasteiger partial charge in [-0.15, -0.1) is 0 Å². The Morgan fingerprint density at radius 2 is 2.03 bits per heavy atom. The van der Waals surface area contributed by atoms with Gasteiger partial charge in [-0.3, -0.25) is 9.69 Å². The molecule has 4 rings (SSSR count). The summed E-state index contributed by atoms with van der Waals surface area (Å²) in [5, 5.41) is 14.4. The van der Waals surface area contributed by atoms with E-state index in [1.54, 1.807) is 19.1 Å². The number of phenols is 1. The highest BCUT2D eigenvalue weighted by molar-refractivity contribution is 6.14. The van der Waals surface area contributed by atoms with Gasteiger partial charge < -0.3 is 14.8 Å². The van der Waals surface area contributed by atoms with Gasteiger partial charge in [-0.05, 0) is 62.9 Å². The summed E-state index contributed by atoms with van der Waals surface area (Å²) < 4.78 is 5.90. The fourth-order valence-electron chi connectivity index (χ4n) is 4.35. The number of rotatable bonds is 4. The number of piperidine rings is 1. The van der Waals surface area contributed by atoms with Crippen molar-refractivity contribution in [1.82, 2.24) is 4.90 Å². The van der Waals surface area contributed by atoms with Crippen molar-refractivity contribution >= 4 is 22.6 Å². The highest BCUT2D eigenvalue weighted by Crippen LogP contribution is 2.36. The molecule has 1 aliphatic heterocycles. The number of nitrogens with zero attached hydrogens (tertiary/aromatic N) is 1. The Morgan fingerprint density at radius 1 is 1.24 bits per heavy atom. The number of anilines is 1. The first-order valence-corrected chi connectivity index (χ1v) is 10.3. The van der Waals surface area contributed by atoms with E-state index in [1.165, 1.54) is 6.42 Å². The zero-order chi connectivity index (χ0) is 20.5. The smallest absolute Gasteiger partial charge is 0.259 e. The van der Waals surface area contributed by atoms with E-state index in [2.05, 4.69) is 17.1 Å². The van der Waals surface area contributed by atoms with Crippen LogP contribution in [-0.2, 0) is 6.54 Å². The average Bonchev–Trinajstić information content (AvgIpc) is 3.02. The molecular weight excluding hydrogens is 364 g/mol. The molecule has 1 saturated heterocycles. The lowest BCUT2D eigenvalue weighted by Crippen LogP contribution is -2.33. The Kier molecular flexibility index (Phi) is 5.33. The minimum atomic E-state index is -0.214. The first kappa shape index (κ1) is 19.5. The molecule has 2 aromatic carbocycles. The van der Waals surface area contributed by atoms with Crippen molar-refractivity contribution in [3.8, 4) is 5.75 Å². The summed E-state index contributed by atoms with van der Waals surface area (Å²) in [6.07, 6.45) is 2.39. The van der Waals surface area contributed by atoms with Crippen LogP contribution in [0.15, 0.2) is 40.8 Å². The second-order valence-electron chi connectivity index (χ2n) is 8.22. The second kappa shape index (κ2) is 7.91. The molecule has 2 heterocycles. The van der Waals surface area contributed by atoms with E-state index in [9.17, 15) is 9.90 Å². The SMILES string of the molecule is Cc1ccccc1NC(=O)c1c(C)oc2ccc(O)c(CN3CCC[C@@H](C)C3)c12. The Labute approximate surface area is 171 Å². The molecule has 3 aromatic rings. The van der Waals surface area contributed by atoms with E-state index >= 15 is 0 Å². The van der Waals surface area contributed by atoms with Crippen LogP contribution in [0.2, 0.25) is 0 Å².